The molecule has 0 radical (unpaired) electrons. The lowest BCUT2D eigenvalue weighted by atomic mass is 10.1. The number of rotatable bonds is 5. The van der Waals surface area contributed by atoms with Crippen molar-refractivity contribution in [2.75, 3.05) is 31.1 Å². The number of nitrogens with one attached hydrogen (secondary N) is 1. The van der Waals surface area contributed by atoms with E-state index in [0.29, 0.717) is 38.4 Å². The second kappa shape index (κ2) is 7.74. The van der Waals surface area contributed by atoms with Gasteiger partial charge in [0, 0.05) is 32.7 Å². The average Bonchev–Trinajstić information content (AvgIpc) is 2.66. The molecular weight excluding hydrogens is 318 g/mol. The third-order valence-electron chi connectivity index (χ3n) is 4.19. The van der Waals surface area contributed by atoms with Crippen LogP contribution in [0.1, 0.15) is 21.6 Å². The fourth-order valence-electron chi connectivity index (χ4n) is 2.75. The van der Waals surface area contributed by atoms with Crippen molar-refractivity contribution >= 4 is 18.1 Å². The first-order chi connectivity index (χ1) is 12.2. The molecule has 1 aromatic carbocycles. The van der Waals surface area contributed by atoms with E-state index in [2.05, 4.69) is 20.2 Å². The molecule has 7 heteroatoms. The standard InChI is InChI=1S/C18H21N5O2/c1-14-3-2-4-15(9-14)10-21-18(25)16-11-20-17(12-19-16)23-7-5-22(13-24)6-8-23/h2-4,9,11-13H,5-8,10H2,1H3,(H,21,25). The molecule has 0 saturated carbocycles. The number of aryl methyl sites for hydroxylation is 1. The van der Waals surface area contributed by atoms with Crippen molar-refractivity contribution in [3.8, 4) is 0 Å². The second-order valence-electron chi connectivity index (χ2n) is 6.06. The van der Waals surface area contributed by atoms with Crippen LogP contribution in [0.25, 0.3) is 0 Å². The van der Waals surface area contributed by atoms with Crippen LogP contribution in [0.3, 0.4) is 0 Å². The number of aromatic nitrogens is 2. The van der Waals surface area contributed by atoms with E-state index in [1.165, 1.54) is 6.20 Å². The van der Waals surface area contributed by atoms with Crippen LogP contribution in [0, 0.1) is 6.92 Å². The molecule has 0 spiro atoms. The molecule has 1 N–H and O–H groups in total. The molecule has 130 valence electrons. The zero-order valence-corrected chi connectivity index (χ0v) is 14.2. The Bertz CT molecular complexity index is 739. The summed E-state index contributed by atoms with van der Waals surface area (Å²) in [6.45, 7) is 5.24. The van der Waals surface area contributed by atoms with Crippen LogP contribution in [0.4, 0.5) is 5.82 Å². The van der Waals surface area contributed by atoms with E-state index >= 15 is 0 Å². The Kier molecular flexibility index (Phi) is 5.23. The first-order valence-corrected chi connectivity index (χ1v) is 8.26. The Labute approximate surface area is 146 Å². The fraction of sp³-hybridized carbons (Fsp3) is 0.333. The van der Waals surface area contributed by atoms with Gasteiger partial charge in [-0.05, 0) is 12.5 Å². The third-order valence-corrected chi connectivity index (χ3v) is 4.19. The lowest BCUT2D eigenvalue weighted by molar-refractivity contribution is -0.118. The highest BCUT2D eigenvalue weighted by Crippen LogP contribution is 2.12. The monoisotopic (exact) mass is 339 g/mol. The lowest BCUT2D eigenvalue weighted by Crippen LogP contribution is -2.46. The highest BCUT2D eigenvalue weighted by Gasteiger charge is 2.17. The van der Waals surface area contributed by atoms with Crippen molar-refractivity contribution in [3.05, 3.63) is 53.5 Å². The van der Waals surface area contributed by atoms with E-state index in [4.69, 9.17) is 0 Å². The number of carbonyl (C=O) groups is 2. The summed E-state index contributed by atoms with van der Waals surface area (Å²) in [7, 11) is 0. The third kappa shape index (κ3) is 4.32. The summed E-state index contributed by atoms with van der Waals surface area (Å²) in [6, 6.07) is 8.00. The van der Waals surface area contributed by atoms with Crippen LogP contribution in [0.2, 0.25) is 0 Å². The molecule has 25 heavy (non-hydrogen) atoms. The van der Waals surface area contributed by atoms with Crippen LogP contribution < -0.4 is 10.2 Å². The number of nitrogens with zero attached hydrogens (tertiary/aromatic N) is 4. The number of anilines is 1. The Morgan fingerprint density at radius 1 is 1.20 bits per heavy atom. The van der Waals surface area contributed by atoms with Gasteiger partial charge >= 0.3 is 0 Å². The summed E-state index contributed by atoms with van der Waals surface area (Å²) in [5.74, 6) is 0.479. The quantitative estimate of drug-likeness (QED) is 0.822. The molecule has 1 aromatic heterocycles. The molecule has 1 aliphatic rings. The van der Waals surface area contributed by atoms with E-state index in [0.717, 1.165) is 23.4 Å². The minimum absolute atomic E-state index is 0.244. The van der Waals surface area contributed by atoms with Gasteiger partial charge in [0.2, 0.25) is 6.41 Å². The maximum atomic E-state index is 12.2. The summed E-state index contributed by atoms with van der Waals surface area (Å²) >= 11 is 0. The number of piperazine rings is 1. The summed E-state index contributed by atoms with van der Waals surface area (Å²) in [4.78, 5) is 35.3. The van der Waals surface area contributed by atoms with Crippen molar-refractivity contribution in [1.82, 2.24) is 20.2 Å². The average molecular weight is 339 g/mol. The highest BCUT2D eigenvalue weighted by atomic mass is 16.2. The van der Waals surface area contributed by atoms with Crippen LogP contribution >= 0.6 is 0 Å². The summed E-state index contributed by atoms with van der Waals surface area (Å²) < 4.78 is 0. The van der Waals surface area contributed by atoms with Crippen LogP contribution in [-0.2, 0) is 11.3 Å². The molecule has 0 atom stereocenters. The number of hydrogen-bond donors (Lipinski definition) is 1. The Hall–Kier alpha value is -2.96. The van der Waals surface area contributed by atoms with E-state index in [1.807, 2.05) is 31.2 Å². The predicted octanol–water partition coefficient (Wildman–Crippen LogP) is 0.993. The predicted molar refractivity (Wildman–Crippen MR) is 94.2 cm³/mol. The number of amides is 2. The normalized spacial score (nSPS) is 14.3. The maximum absolute atomic E-state index is 12.2. The molecule has 3 rings (SSSR count). The molecule has 2 aromatic rings. The van der Waals surface area contributed by atoms with Gasteiger partial charge in [0.25, 0.3) is 5.91 Å². The molecular formula is C18H21N5O2. The summed E-state index contributed by atoms with van der Waals surface area (Å²) in [5.41, 5.74) is 2.50. The fourth-order valence-corrected chi connectivity index (χ4v) is 2.75. The van der Waals surface area contributed by atoms with Gasteiger partial charge in [-0.2, -0.15) is 0 Å². The first kappa shape index (κ1) is 16.9. The second-order valence-corrected chi connectivity index (χ2v) is 6.06. The van der Waals surface area contributed by atoms with Gasteiger partial charge in [0.05, 0.1) is 12.4 Å². The van der Waals surface area contributed by atoms with E-state index in [9.17, 15) is 9.59 Å². The van der Waals surface area contributed by atoms with Crippen molar-refractivity contribution in [2.45, 2.75) is 13.5 Å². The molecule has 0 aliphatic carbocycles. The molecule has 7 nitrogen and oxygen atoms in total. The Morgan fingerprint density at radius 2 is 2.00 bits per heavy atom. The van der Waals surface area contributed by atoms with Gasteiger partial charge < -0.3 is 15.1 Å². The van der Waals surface area contributed by atoms with Gasteiger partial charge in [-0.25, -0.2) is 9.97 Å². The van der Waals surface area contributed by atoms with E-state index in [1.54, 1.807) is 11.1 Å². The molecule has 0 bridgehead atoms. The molecule has 1 saturated heterocycles. The zero-order chi connectivity index (χ0) is 17.6. The number of hydrogen-bond acceptors (Lipinski definition) is 5. The maximum Gasteiger partial charge on any atom is 0.271 e. The molecule has 2 amide bonds. The van der Waals surface area contributed by atoms with Crippen LogP contribution in [-0.4, -0.2) is 53.4 Å². The summed E-state index contributed by atoms with van der Waals surface area (Å²) in [6.07, 6.45) is 3.97. The smallest absolute Gasteiger partial charge is 0.271 e. The van der Waals surface area contributed by atoms with Gasteiger partial charge in [-0.15, -0.1) is 0 Å². The van der Waals surface area contributed by atoms with Crippen LogP contribution in [0.5, 0.6) is 0 Å². The van der Waals surface area contributed by atoms with Crippen molar-refractivity contribution in [1.29, 1.82) is 0 Å². The molecule has 0 unspecified atom stereocenters. The highest BCUT2D eigenvalue weighted by molar-refractivity contribution is 5.91. The summed E-state index contributed by atoms with van der Waals surface area (Å²) in [5, 5.41) is 2.85. The number of benzene rings is 1. The largest absolute Gasteiger partial charge is 0.352 e. The minimum Gasteiger partial charge on any atom is -0.352 e. The van der Waals surface area contributed by atoms with Gasteiger partial charge in [-0.1, -0.05) is 29.8 Å². The van der Waals surface area contributed by atoms with Gasteiger partial charge in [-0.3, -0.25) is 9.59 Å². The van der Waals surface area contributed by atoms with E-state index in [-0.39, 0.29) is 5.91 Å². The topological polar surface area (TPSA) is 78.4 Å². The SMILES string of the molecule is Cc1cccc(CNC(=O)c2cnc(N3CCN(C=O)CC3)cn2)c1. The lowest BCUT2D eigenvalue weighted by Gasteiger charge is -2.33. The molecule has 1 aliphatic heterocycles. The Balaban J connectivity index is 1.56. The van der Waals surface area contributed by atoms with Gasteiger partial charge in [0.15, 0.2) is 0 Å². The minimum atomic E-state index is -0.244. The zero-order valence-electron chi connectivity index (χ0n) is 14.2. The van der Waals surface area contributed by atoms with Crippen molar-refractivity contribution < 1.29 is 9.59 Å². The van der Waals surface area contributed by atoms with Gasteiger partial charge in [0.1, 0.15) is 11.5 Å². The first-order valence-electron chi connectivity index (χ1n) is 8.26. The van der Waals surface area contributed by atoms with Crippen LogP contribution in [0.15, 0.2) is 36.7 Å². The Morgan fingerprint density at radius 3 is 2.64 bits per heavy atom. The van der Waals surface area contributed by atoms with E-state index < -0.39 is 0 Å². The van der Waals surface area contributed by atoms with Crippen molar-refractivity contribution in [3.63, 3.8) is 0 Å². The van der Waals surface area contributed by atoms with Crippen molar-refractivity contribution in [2.24, 2.45) is 0 Å². The number of carbonyl (C=O) groups excluding carboxylic acids is 2. The molecule has 1 fully saturated rings. The molecule has 2 heterocycles.